The van der Waals surface area contributed by atoms with Gasteiger partial charge in [-0.05, 0) is 47.5 Å². The van der Waals surface area contributed by atoms with Crippen molar-refractivity contribution in [2.45, 2.75) is 24.1 Å². The van der Waals surface area contributed by atoms with E-state index in [0.717, 1.165) is 25.1 Å². The summed E-state index contributed by atoms with van der Waals surface area (Å²) in [5.41, 5.74) is 0.718. The number of amides is 1. The smallest absolute Gasteiger partial charge is 0.230 e. The summed E-state index contributed by atoms with van der Waals surface area (Å²) in [6.45, 7) is 1.32. The number of carbonyl (C=O) groups is 1. The van der Waals surface area contributed by atoms with Crippen LogP contribution in [0.1, 0.15) is 12.8 Å². The van der Waals surface area contributed by atoms with Gasteiger partial charge in [-0.25, -0.2) is 0 Å². The highest BCUT2D eigenvalue weighted by atomic mass is 32.2. The molecule has 1 amide bonds. The summed E-state index contributed by atoms with van der Waals surface area (Å²) in [7, 11) is 0. The number of ether oxygens (including phenoxy) is 1. The molecule has 1 aromatic heterocycles. The topological polar surface area (TPSA) is 102 Å². The van der Waals surface area contributed by atoms with E-state index in [1.165, 1.54) is 16.4 Å². The first-order valence-corrected chi connectivity index (χ1v) is 8.30. The fourth-order valence-electron chi connectivity index (χ4n) is 2.24. The van der Waals surface area contributed by atoms with E-state index in [4.69, 9.17) is 4.74 Å². The van der Waals surface area contributed by atoms with Crippen LogP contribution in [0.25, 0.3) is 5.69 Å². The second-order valence-electron chi connectivity index (χ2n) is 5.12. The monoisotopic (exact) mass is 335 g/mol. The Labute approximate surface area is 137 Å². The van der Waals surface area contributed by atoms with Crippen LogP contribution in [-0.4, -0.2) is 56.2 Å². The number of nitrogens with zero attached hydrogens (tertiary/aromatic N) is 4. The van der Waals surface area contributed by atoms with Crippen molar-refractivity contribution in [3.63, 3.8) is 0 Å². The van der Waals surface area contributed by atoms with Crippen LogP contribution in [0.15, 0.2) is 29.4 Å². The van der Waals surface area contributed by atoms with E-state index in [2.05, 4.69) is 20.8 Å². The number of hydrogen-bond donors (Lipinski definition) is 2. The van der Waals surface area contributed by atoms with Crippen molar-refractivity contribution in [1.82, 2.24) is 25.5 Å². The maximum absolute atomic E-state index is 11.9. The molecule has 0 saturated carbocycles. The Kier molecular flexibility index (Phi) is 5.09. The molecule has 1 saturated heterocycles. The third kappa shape index (κ3) is 4.20. The van der Waals surface area contributed by atoms with E-state index >= 15 is 0 Å². The van der Waals surface area contributed by atoms with Gasteiger partial charge in [0.2, 0.25) is 11.1 Å². The number of aromatic nitrogens is 4. The van der Waals surface area contributed by atoms with E-state index in [1.807, 2.05) is 0 Å². The molecule has 1 fully saturated rings. The average Bonchev–Trinajstić information content (AvgIpc) is 3.23. The number of aromatic hydroxyl groups is 1. The predicted octanol–water partition coefficient (Wildman–Crippen LogP) is 0.755. The first-order valence-electron chi connectivity index (χ1n) is 7.31. The highest BCUT2D eigenvalue weighted by Gasteiger charge is 2.17. The zero-order chi connectivity index (χ0) is 16.1. The number of rotatable bonds is 6. The van der Waals surface area contributed by atoms with Crippen LogP contribution in [0.2, 0.25) is 0 Å². The van der Waals surface area contributed by atoms with Gasteiger partial charge in [0, 0.05) is 13.2 Å². The second-order valence-corrected chi connectivity index (χ2v) is 6.06. The summed E-state index contributed by atoms with van der Waals surface area (Å²) in [5.74, 6) is 0.320. The molecule has 0 aliphatic carbocycles. The number of benzene rings is 1. The normalized spacial score (nSPS) is 17.3. The van der Waals surface area contributed by atoms with E-state index < -0.39 is 0 Å². The lowest BCUT2D eigenvalue weighted by Gasteiger charge is -2.10. The van der Waals surface area contributed by atoms with Gasteiger partial charge in [0.15, 0.2) is 0 Å². The molecule has 2 N–H and O–H groups in total. The van der Waals surface area contributed by atoms with Crippen molar-refractivity contribution in [1.29, 1.82) is 0 Å². The van der Waals surface area contributed by atoms with Gasteiger partial charge in [-0.15, -0.1) is 5.10 Å². The summed E-state index contributed by atoms with van der Waals surface area (Å²) in [6, 6.07) is 6.51. The molecule has 0 bridgehead atoms. The van der Waals surface area contributed by atoms with E-state index in [0.29, 0.717) is 11.7 Å². The number of hydrogen-bond acceptors (Lipinski definition) is 7. The Morgan fingerprint density at radius 1 is 1.43 bits per heavy atom. The van der Waals surface area contributed by atoms with Crippen LogP contribution in [0.3, 0.4) is 0 Å². The Balaban J connectivity index is 1.53. The zero-order valence-corrected chi connectivity index (χ0v) is 13.2. The molecule has 0 unspecified atom stereocenters. The third-order valence-electron chi connectivity index (χ3n) is 3.42. The molecule has 8 nitrogen and oxygen atoms in total. The lowest BCUT2D eigenvalue weighted by molar-refractivity contribution is -0.119. The summed E-state index contributed by atoms with van der Waals surface area (Å²) < 4.78 is 6.99. The van der Waals surface area contributed by atoms with E-state index in [1.54, 1.807) is 24.3 Å². The molecule has 0 radical (unpaired) electrons. The molecule has 9 heteroatoms. The molecule has 0 spiro atoms. The largest absolute Gasteiger partial charge is 0.508 e. The van der Waals surface area contributed by atoms with Gasteiger partial charge in [0.1, 0.15) is 5.75 Å². The number of carbonyl (C=O) groups excluding carboxylic acids is 1. The molecule has 3 rings (SSSR count). The lowest BCUT2D eigenvalue weighted by Crippen LogP contribution is -2.32. The Morgan fingerprint density at radius 2 is 2.26 bits per heavy atom. The van der Waals surface area contributed by atoms with Gasteiger partial charge in [0.25, 0.3) is 0 Å². The number of thioether (sulfide) groups is 1. The average molecular weight is 335 g/mol. The van der Waals surface area contributed by atoms with Crippen LogP contribution in [0, 0.1) is 0 Å². The zero-order valence-electron chi connectivity index (χ0n) is 12.4. The van der Waals surface area contributed by atoms with Gasteiger partial charge < -0.3 is 15.2 Å². The fourth-order valence-corrected chi connectivity index (χ4v) is 2.96. The van der Waals surface area contributed by atoms with Crippen molar-refractivity contribution in [3.8, 4) is 11.4 Å². The second kappa shape index (κ2) is 7.42. The fraction of sp³-hybridized carbons (Fsp3) is 0.429. The molecular formula is C14H17N5O3S. The maximum atomic E-state index is 11.9. The van der Waals surface area contributed by atoms with Crippen molar-refractivity contribution in [2.75, 3.05) is 18.9 Å². The molecule has 1 aliphatic rings. The highest BCUT2D eigenvalue weighted by Crippen LogP contribution is 2.19. The number of phenols is 1. The van der Waals surface area contributed by atoms with Gasteiger partial charge in [-0.1, -0.05) is 11.8 Å². The lowest BCUT2D eigenvalue weighted by atomic mass is 10.2. The van der Waals surface area contributed by atoms with Gasteiger partial charge in [0.05, 0.1) is 17.5 Å². The van der Waals surface area contributed by atoms with Gasteiger partial charge in [-0.3, -0.25) is 4.79 Å². The van der Waals surface area contributed by atoms with Crippen molar-refractivity contribution in [2.24, 2.45) is 0 Å². The molecule has 122 valence electrons. The maximum Gasteiger partial charge on any atom is 0.230 e. The van der Waals surface area contributed by atoms with Crippen molar-refractivity contribution in [3.05, 3.63) is 24.3 Å². The first kappa shape index (κ1) is 15.8. The minimum Gasteiger partial charge on any atom is -0.508 e. The van der Waals surface area contributed by atoms with Gasteiger partial charge in [-0.2, -0.15) is 4.68 Å². The first-order chi connectivity index (χ1) is 11.2. The Bertz CT molecular complexity index is 655. The van der Waals surface area contributed by atoms with E-state index in [9.17, 15) is 9.90 Å². The molecule has 1 atom stereocenters. The Morgan fingerprint density at radius 3 is 3.00 bits per heavy atom. The molecule has 1 aliphatic heterocycles. The molecule has 2 heterocycles. The van der Waals surface area contributed by atoms with Crippen molar-refractivity contribution >= 4 is 17.7 Å². The van der Waals surface area contributed by atoms with Gasteiger partial charge >= 0.3 is 0 Å². The summed E-state index contributed by atoms with van der Waals surface area (Å²) >= 11 is 1.25. The highest BCUT2D eigenvalue weighted by molar-refractivity contribution is 7.99. The SMILES string of the molecule is O=C(CSc1nnnn1-c1ccc(O)cc1)NC[C@H]1CCCO1. The number of phenolic OH excluding ortho intramolecular Hbond substituents is 1. The minimum absolute atomic E-state index is 0.0780. The van der Waals surface area contributed by atoms with Crippen LogP contribution >= 0.6 is 11.8 Å². The van der Waals surface area contributed by atoms with Crippen molar-refractivity contribution < 1.29 is 14.6 Å². The Hall–Kier alpha value is -2.13. The van der Waals surface area contributed by atoms with Crippen LogP contribution in [-0.2, 0) is 9.53 Å². The molecule has 1 aromatic carbocycles. The number of tetrazole rings is 1. The minimum atomic E-state index is -0.0780. The quantitative estimate of drug-likeness (QED) is 0.751. The summed E-state index contributed by atoms with van der Waals surface area (Å²) in [4.78, 5) is 11.9. The summed E-state index contributed by atoms with van der Waals surface area (Å²) in [6.07, 6.45) is 2.18. The standard InChI is InChI=1S/C14H17N5O3S/c20-11-5-3-10(4-6-11)19-14(16-17-18-19)23-9-13(21)15-8-12-2-1-7-22-12/h3-6,12,20H,1-2,7-9H2,(H,15,21)/t12-/m1/s1. The molecule has 2 aromatic rings. The summed E-state index contributed by atoms with van der Waals surface area (Å²) in [5, 5.41) is 24.2. The number of nitrogens with one attached hydrogen (secondary N) is 1. The van der Waals surface area contributed by atoms with E-state index in [-0.39, 0.29) is 23.5 Å². The van der Waals surface area contributed by atoms with Crippen LogP contribution in [0.4, 0.5) is 0 Å². The molecular weight excluding hydrogens is 318 g/mol. The third-order valence-corrected chi connectivity index (χ3v) is 4.34. The molecule has 23 heavy (non-hydrogen) atoms. The van der Waals surface area contributed by atoms with Crippen LogP contribution in [0.5, 0.6) is 5.75 Å². The predicted molar refractivity (Wildman–Crippen MR) is 83.5 cm³/mol. The van der Waals surface area contributed by atoms with Crippen LogP contribution < -0.4 is 5.32 Å².